The number of nitrogens with zero attached hydrogens (tertiary/aromatic N) is 2. The second-order valence-electron chi connectivity index (χ2n) is 1.14. The predicted molar refractivity (Wildman–Crippen MR) is 31.0 cm³/mol. The average Bonchev–Trinajstić information content (AvgIpc) is 2.24. The summed E-state index contributed by atoms with van der Waals surface area (Å²) in [4.78, 5) is 3.66. The van der Waals surface area contributed by atoms with Gasteiger partial charge in [0.05, 0.1) is 0 Å². The number of aromatic nitrogens is 2. The van der Waals surface area contributed by atoms with Crippen LogP contribution in [0.15, 0.2) is 12.4 Å². The van der Waals surface area contributed by atoms with E-state index in [-0.39, 0.29) is 0 Å². The van der Waals surface area contributed by atoms with Gasteiger partial charge >= 0.3 is 30.0 Å². The molecule has 0 atom stereocenters. The zero-order valence-corrected chi connectivity index (χ0v) is 9.19. The topological polar surface area (TPSA) is 17.8 Å². The van der Waals surface area contributed by atoms with Crippen molar-refractivity contribution in [3.8, 4) is 0 Å². The first-order valence-electron chi connectivity index (χ1n) is 2.01. The van der Waals surface area contributed by atoms with E-state index in [1.807, 2.05) is 13.2 Å². The Kier molecular flexibility index (Phi) is 5.66. The fourth-order valence-electron chi connectivity index (χ4n) is 0.291. The summed E-state index contributed by atoms with van der Waals surface area (Å²) < 4.78 is 1.76. The molecule has 0 saturated heterocycles. The van der Waals surface area contributed by atoms with Crippen molar-refractivity contribution in [2.24, 2.45) is 7.05 Å². The van der Waals surface area contributed by atoms with Gasteiger partial charge in [-0.1, -0.05) is 0 Å². The summed E-state index contributed by atoms with van der Waals surface area (Å²) in [7, 11) is 1.88. The molecule has 0 amide bonds. The van der Waals surface area contributed by atoms with Gasteiger partial charge in [-0.2, -0.15) is 0 Å². The van der Waals surface area contributed by atoms with Crippen molar-refractivity contribution in [1.29, 1.82) is 0 Å². The van der Waals surface area contributed by atoms with Gasteiger partial charge in [-0.25, -0.2) is 0 Å². The zero-order chi connectivity index (χ0) is 6.41. The maximum atomic E-state index is 3.66. The Bertz CT molecular complexity index is 118. The molecule has 0 N–H and O–H groups in total. The SMILES string of the molecule is Cn1[c-]ncc1.[Zn+][Br]. The van der Waals surface area contributed by atoms with E-state index in [9.17, 15) is 0 Å². The Labute approximate surface area is 65.3 Å². The summed E-state index contributed by atoms with van der Waals surface area (Å²) in [5.74, 6) is 0. The normalized spacial score (nSPS) is 7.50. The molecule has 0 unspecified atom stereocenters. The third-order valence-electron chi connectivity index (χ3n) is 0.580. The fraction of sp³-hybridized carbons (Fsp3) is 0.250. The number of aryl methyl sites for hydroxylation is 1. The second-order valence-corrected chi connectivity index (χ2v) is 1.14. The predicted octanol–water partition coefficient (Wildman–Crippen LogP) is 1.06. The zero-order valence-electron chi connectivity index (χ0n) is 4.63. The van der Waals surface area contributed by atoms with E-state index in [2.05, 4.69) is 24.9 Å². The van der Waals surface area contributed by atoms with Crippen LogP contribution in [-0.2, 0) is 23.4 Å². The summed E-state index contributed by atoms with van der Waals surface area (Å²) in [5.41, 5.74) is 0. The van der Waals surface area contributed by atoms with Gasteiger partial charge in [0.25, 0.3) is 0 Å². The molecule has 1 heterocycles. The van der Waals surface area contributed by atoms with E-state index in [4.69, 9.17) is 0 Å². The third kappa shape index (κ3) is 3.33. The van der Waals surface area contributed by atoms with Crippen LogP contribution in [0.1, 0.15) is 0 Å². The molecular formula is C4H5BrN2Zn. The van der Waals surface area contributed by atoms with Crippen LogP contribution in [0.25, 0.3) is 0 Å². The van der Waals surface area contributed by atoms with Gasteiger partial charge in [0.2, 0.25) is 0 Å². The summed E-state index contributed by atoms with van der Waals surface area (Å²) in [6.45, 7) is 0. The maximum absolute atomic E-state index is 3.66. The Hall–Kier alpha value is 0.313. The van der Waals surface area contributed by atoms with Gasteiger partial charge in [0, 0.05) is 6.33 Å². The molecule has 8 heavy (non-hydrogen) atoms. The first kappa shape index (κ1) is 8.31. The Morgan fingerprint density at radius 2 is 2.38 bits per heavy atom. The van der Waals surface area contributed by atoms with Crippen molar-refractivity contribution in [3.63, 3.8) is 0 Å². The van der Waals surface area contributed by atoms with Crippen molar-refractivity contribution in [2.75, 3.05) is 0 Å². The Morgan fingerprint density at radius 3 is 2.50 bits per heavy atom. The summed E-state index contributed by atoms with van der Waals surface area (Å²) in [6.07, 6.45) is 6.19. The second kappa shape index (κ2) is 5.45. The number of hydrogen-bond acceptors (Lipinski definition) is 1. The van der Waals surface area contributed by atoms with Crippen molar-refractivity contribution >= 4 is 13.6 Å². The number of rotatable bonds is 0. The molecule has 1 rings (SSSR count). The van der Waals surface area contributed by atoms with E-state index >= 15 is 0 Å². The molecule has 2 nitrogen and oxygen atoms in total. The van der Waals surface area contributed by atoms with E-state index in [0.29, 0.717) is 0 Å². The van der Waals surface area contributed by atoms with Crippen LogP contribution in [0.4, 0.5) is 0 Å². The van der Waals surface area contributed by atoms with Gasteiger partial charge in [0.1, 0.15) is 0 Å². The van der Waals surface area contributed by atoms with Crippen LogP contribution in [0.2, 0.25) is 0 Å². The minimum atomic E-state index is 1.19. The third-order valence-corrected chi connectivity index (χ3v) is 0.580. The molecule has 4 heteroatoms. The van der Waals surface area contributed by atoms with Crippen LogP contribution >= 0.6 is 13.6 Å². The molecule has 1 aromatic heterocycles. The molecule has 0 bridgehead atoms. The van der Waals surface area contributed by atoms with Crippen LogP contribution in [0.5, 0.6) is 0 Å². The van der Waals surface area contributed by atoms with Crippen molar-refractivity contribution in [2.45, 2.75) is 0 Å². The summed E-state index contributed by atoms with van der Waals surface area (Å²) >= 11 is 4.25. The van der Waals surface area contributed by atoms with Gasteiger partial charge in [-0.3, -0.25) is 0 Å². The van der Waals surface area contributed by atoms with Gasteiger partial charge < -0.3 is 9.55 Å². The molecular weight excluding hydrogens is 221 g/mol. The van der Waals surface area contributed by atoms with Crippen LogP contribution in [0.3, 0.4) is 0 Å². The van der Waals surface area contributed by atoms with E-state index in [1.54, 1.807) is 10.8 Å². The van der Waals surface area contributed by atoms with Gasteiger partial charge in [0.15, 0.2) is 0 Å². The number of hydrogen-bond donors (Lipinski definition) is 0. The molecule has 40 valence electrons. The quantitative estimate of drug-likeness (QED) is 0.478. The van der Waals surface area contributed by atoms with E-state index in [0.717, 1.165) is 0 Å². The van der Waals surface area contributed by atoms with Crippen molar-refractivity contribution in [3.05, 3.63) is 18.7 Å². The molecule has 0 saturated carbocycles. The van der Waals surface area contributed by atoms with E-state index in [1.165, 1.54) is 16.3 Å². The Balaban J connectivity index is 0.000000222. The number of imidazole rings is 1. The summed E-state index contributed by atoms with van der Waals surface area (Å²) in [6, 6.07) is 0. The molecule has 0 aliphatic carbocycles. The minimum absolute atomic E-state index is 1.19. The molecule has 0 aromatic carbocycles. The Morgan fingerprint density at radius 1 is 1.75 bits per heavy atom. The van der Waals surface area contributed by atoms with Crippen molar-refractivity contribution in [1.82, 2.24) is 9.55 Å². The average molecular weight is 226 g/mol. The van der Waals surface area contributed by atoms with Crippen LogP contribution in [0, 0.1) is 6.33 Å². The monoisotopic (exact) mass is 224 g/mol. The number of halogens is 1. The van der Waals surface area contributed by atoms with Crippen molar-refractivity contribution < 1.29 is 16.3 Å². The van der Waals surface area contributed by atoms with Crippen LogP contribution in [-0.4, -0.2) is 9.55 Å². The molecule has 0 fully saturated rings. The molecule has 1 aromatic rings. The van der Waals surface area contributed by atoms with Gasteiger partial charge in [-0.05, 0) is 7.05 Å². The van der Waals surface area contributed by atoms with Gasteiger partial charge in [-0.15, -0.1) is 12.4 Å². The molecule has 0 aliphatic heterocycles. The van der Waals surface area contributed by atoms with Crippen LogP contribution < -0.4 is 0 Å². The standard InChI is InChI=1S/C4H5N2.BrH.Zn/c1-6-3-2-5-4-6;;/h2-3H,1H3;1H;/q-1;;+2/p-1. The summed E-state index contributed by atoms with van der Waals surface area (Å²) in [5, 5.41) is 0. The molecule has 0 aliphatic rings. The fourth-order valence-corrected chi connectivity index (χ4v) is 0.291. The molecule has 0 spiro atoms. The first-order valence-corrected chi connectivity index (χ1v) is 8.96. The first-order chi connectivity index (χ1) is 3.89. The van der Waals surface area contributed by atoms with E-state index < -0.39 is 0 Å². The molecule has 0 radical (unpaired) electrons.